The summed E-state index contributed by atoms with van der Waals surface area (Å²) < 4.78 is 5.26. The monoisotopic (exact) mass is 326 g/mol. The number of pyridine rings is 1. The van der Waals surface area contributed by atoms with Crippen LogP contribution in [0.3, 0.4) is 0 Å². The van der Waals surface area contributed by atoms with Crippen LogP contribution in [0.5, 0.6) is 0 Å². The Bertz CT molecular complexity index is 703. The molecule has 7 nitrogen and oxygen atoms in total. The normalized spacial score (nSPS) is 18.0. The van der Waals surface area contributed by atoms with Crippen molar-refractivity contribution in [2.75, 3.05) is 25.0 Å². The van der Waals surface area contributed by atoms with E-state index in [-0.39, 0.29) is 5.92 Å². The molecule has 3 heterocycles. The number of nitriles is 1. The molecule has 0 radical (unpaired) electrons. The van der Waals surface area contributed by atoms with Gasteiger partial charge in [0.15, 0.2) is 5.82 Å². The molecule has 2 aromatic heterocycles. The largest absolute Gasteiger partial charge is 0.370 e. The van der Waals surface area contributed by atoms with E-state index in [1.165, 1.54) is 0 Å². The van der Waals surface area contributed by atoms with Crippen molar-refractivity contribution in [3.05, 3.63) is 35.6 Å². The summed E-state index contributed by atoms with van der Waals surface area (Å²) in [5.41, 5.74) is 0.577. The second-order valence-electron chi connectivity index (χ2n) is 6.52. The van der Waals surface area contributed by atoms with Crippen molar-refractivity contribution in [2.24, 2.45) is 5.92 Å². The Kier molecular flexibility index (Phi) is 5.06. The van der Waals surface area contributed by atoms with E-state index < -0.39 is 0 Å². The van der Waals surface area contributed by atoms with Gasteiger partial charge in [0.2, 0.25) is 5.89 Å². The zero-order chi connectivity index (χ0) is 16.9. The number of nitrogens with zero attached hydrogens (tertiary/aromatic N) is 5. The van der Waals surface area contributed by atoms with E-state index >= 15 is 0 Å². The summed E-state index contributed by atoms with van der Waals surface area (Å²) in [5.74, 6) is 3.11. The van der Waals surface area contributed by atoms with E-state index in [9.17, 15) is 0 Å². The molecule has 0 spiro atoms. The first-order valence-corrected chi connectivity index (χ1v) is 8.29. The van der Waals surface area contributed by atoms with Crippen LogP contribution in [-0.2, 0) is 6.54 Å². The van der Waals surface area contributed by atoms with Crippen molar-refractivity contribution in [1.82, 2.24) is 20.0 Å². The van der Waals surface area contributed by atoms with Crippen LogP contribution in [0.15, 0.2) is 22.9 Å². The second kappa shape index (κ2) is 7.41. The first kappa shape index (κ1) is 16.4. The Balaban J connectivity index is 1.45. The molecule has 1 fully saturated rings. The maximum atomic E-state index is 8.78. The van der Waals surface area contributed by atoms with Crippen LogP contribution in [0.1, 0.15) is 43.5 Å². The average molecular weight is 326 g/mol. The van der Waals surface area contributed by atoms with Gasteiger partial charge in [-0.3, -0.25) is 4.90 Å². The fraction of sp³-hybridized carbons (Fsp3) is 0.529. The number of aromatic nitrogens is 3. The van der Waals surface area contributed by atoms with Crippen molar-refractivity contribution in [2.45, 2.75) is 32.7 Å². The summed E-state index contributed by atoms with van der Waals surface area (Å²) >= 11 is 0. The number of likely N-dealkylation sites (tertiary alicyclic amines) is 1. The van der Waals surface area contributed by atoms with Gasteiger partial charge in [-0.25, -0.2) is 4.98 Å². The summed E-state index contributed by atoms with van der Waals surface area (Å²) in [7, 11) is 0. The van der Waals surface area contributed by atoms with Crippen LogP contribution >= 0.6 is 0 Å². The van der Waals surface area contributed by atoms with E-state index in [0.717, 1.165) is 44.2 Å². The first-order chi connectivity index (χ1) is 11.6. The molecule has 126 valence electrons. The molecule has 2 aromatic rings. The lowest BCUT2D eigenvalue weighted by Crippen LogP contribution is -2.23. The Morgan fingerprint density at radius 1 is 1.46 bits per heavy atom. The lowest BCUT2D eigenvalue weighted by atomic mass is 10.1. The smallest absolute Gasteiger partial charge is 0.229 e. The highest BCUT2D eigenvalue weighted by Crippen LogP contribution is 2.19. The maximum absolute atomic E-state index is 8.78. The molecule has 24 heavy (non-hydrogen) atoms. The number of nitrogens with one attached hydrogen (secondary N) is 1. The third kappa shape index (κ3) is 4.09. The quantitative estimate of drug-likeness (QED) is 0.871. The minimum Gasteiger partial charge on any atom is -0.370 e. The van der Waals surface area contributed by atoms with Gasteiger partial charge in [-0.15, -0.1) is 0 Å². The zero-order valence-corrected chi connectivity index (χ0v) is 14.1. The van der Waals surface area contributed by atoms with Crippen LogP contribution in [0, 0.1) is 17.2 Å². The minimum absolute atomic E-state index is 0.265. The standard InChI is InChI=1S/C17H22N6O/c1-12(2)17-21-16(22-24-17)11-23-6-5-14(10-23)9-20-15-4-3-13(7-18)8-19-15/h3-4,8,12,14H,5-6,9-11H2,1-2H3,(H,19,20)/t14-/m0/s1. The maximum Gasteiger partial charge on any atom is 0.229 e. The van der Waals surface area contributed by atoms with E-state index in [2.05, 4.69) is 31.4 Å². The molecule has 0 aliphatic carbocycles. The lowest BCUT2D eigenvalue weighted by molar-refractivity contribution is 0.299. The van der Waals surface area contributed by atoms with Crippen LogP contribution in [0.2, 0.25) is 0 Å². The second-order valence-corrected chi connectivity index (χ2v) is 6.52. The highest BCUT2D eigenvalue weighted by molar-refractivity contribution is 5.38. The van der Waals surface area contributed by atoms with Crippen molar-refractivity contribution < 1.29 is 4.52 Å². The molecule has 0 saturated carbocycles. The molecule has 1 saturated heterocycles. The summed E-state index contributed by atoms with van der Waals surface area (Å²) in [4.78, 5) is 11.0. The van der Waals surface area contributed by atoms with Crippen molar-refractivity contribution in [1.29, 1.82) is 5.26 Å². The van der Waals surface area contributed by atoms with E-state index in [4.69, 9.17) is 9.78 Å². The highest BCUT2D eigenvalue weighted by atomic mass is 16.5. The van der Waals surface area contributed by atoms with Crippen molar-refractivity contribution in [3.63, 3.8) is 0 Å². The van der Waals surface area contributed by atoms with Gasteiger partial charge < -0.3 is 9.84 Å². The molecule has 1 aliphatic heterocycles. The predicted molar refractivity (Wildman–Crippen MR) is 89.2 cm³/mol. The molecular weight excluding hydrogens is 304 g/mol. The SMILES string of the molecule is CC(C)c1nc(CN2CC[C@@H](CNc3ccc(C#N)cn3)C2)no1. The third-order valence-electron chi connectivity index (χ3n) is 4.18. The molecule has 1 atom stereocenters. The van der Waals surface area contributed by atoms with Crippen LogP contribution < -0.4 is 5.32 Å². The Morgan fingerprint density at radius 2 is 2.33 bits per heavy atom. The molecule has 1 aliphatic rings. The molecule has 7 heteroatoms. The van der Waals surface area contributed by atoms with Crippen molar-refractivity contribution >= 4 is 5.82 Å². The predicted octanol–water partition coefficient (Wildman–Crippen LogP) is 2.39. The van der Waals surface area contributed by atoms with Crippen molar-refractivity contribution in [3.8, 4) is 6.07 Å². The molecule has 0 aromatic carbocycles. The Hall–Kier alpha value is -2.46. The summed E-state index contributed by atoms with van der Waals surface area (Å²) in [5, 5.41) is 16.2. The lowest BCUT2D eigenvalue weighted by Gasteiger charge is -2.14. The zero-order valence-electron chi connectivity index (χ0n) is 14.1. The summed E-state index contributed by atoms with van der Waals surface area (Å²) in [6, 6.07) is 5.69. The fourth-order valence-electron chi connectivity index (χ4n) is 2.80. The van der Waals surface area contributed by atoms with Gasteiger partial charge in [-0.05, 0) is 31.0 Å². The summed E-state index contributed by atoms with van der Waals surface area (Å²) in [6.07, 6.45) is 2.73. The Labute approximate surface area is 141 Å². The molecule has 0 amide bonds. The van der Waals surface area contributed by atoms with Crippen LogP contribution in [0.4, 0.5) is 5.82 Å². The fourth-order valence-corrected chi connectivity index (χ4v) is 2.80. The molecule has 0 unspecified atom stereocenters. The van der Waals surface area contributed by atoms with Gasteiger partial charge in [0.25, 0.3) is 0 Å². The number of anilines is 1. The number of hydrogen-bond acceptors (Lipinski definition) is 7. The van der Waals surface area contributed by atoms with Gasteiger partial charge in [-0.2, -0.15) is 10.2 Å². The molecular formula is C17H22N6O. The topological polar surface area (TPSA) is 90.9 Å². The average Bonchev–Trinajstić information content (AvgIpc) is 3.23. The molecule has 0 bridgehead atoms. The highest BCUT2D eigenvalue weighted by Gasteiger charge is 2.24. The first-order valence-electron chi connectivity index (χ1n) is 8.29. The van der Waals surface area contributed by atoms with Gasteiger partial charge in [0.1, 0.15) is 11.9 Å². The van der Waals surface area contributed by atoms with Gasteiger partial charge >= 0.3 is 0 Å². The number of rotatable bonds is 6. The van der Waals surface area contributed by atoms with Gasteiger partial charge in [0.05, 0.1) is 12.1 Å². The minimum atomic E-state index is 0.265. The van der Waals surface area contributed by atoms with E-state index in [0.29, 0.717) is 17.4 Å². The van der Waals surface area contributed by atoms with E-state index in [1.54, 1.807) is 12.3 Å². The third-order valence-corrected chi connectivity index (χ3v) is 4.18. The van der Waals surface area contributed by atoms with Crippen LogP contribution in [0.25, 0.3) is 0 Å². The van der Waals surface area contributed by atoms with E-state index in [1.807, 2.05) is 19.9 Å². The Morgan fingerprint density at radius 3 is 3.00 bits per heavy atom. The molecule has 1 N–H and O–H groups in total. The summed E-state index contributed by atoms with van der Waals surface area (Å²) in [6.45, 7) is 7.76. The number of hydrogen-bond donors (Lipinski definition) is 1. The van der Waals surface area contributed by atoms with Crippen LogP contribution in [-0.4, -0.2) is 39.7 Å². The van der Waals surface area contributed by atoms with Gasteiger partial charge in [-0.1, -0.05) is 19.0 Å². The molecule has 3 rings (SSSR count). The van der Waals surface area contributed by atoms with Gasteiger partial charge in [0, 0.05) is 25.2 Å².